The lowest BCUT2D eigenvalue weighted by Crippen LogP contribution is -2.27. The summed E-state index contributed by atoms with van der Waals surface area (Å²) in [6.07, 6.45) is 4.37. The molecule has 0 aromatic carbocycles. The molecule has 6 nitrogen and oxygen atoms in total. The second kappa shape index (κ2) is 4.58. The van der Waals surface area contributed by atoms with Crippen LogP contribution in [-0.4, -0.2) is 30.0 Å². The number of rotatable bonds is 3. The smallest absolute Gasteiger partial charge is 0.284 e. The van der Waals surface area contributed by atoms with Gasteiger partial charge in [0.05, 0.1) is 18.2 Å². The zero-order chi connectivity index (χ0) is 13.3. The fraction of sp³-hybridized carbons (Fsp3) is 0.200. The summed E-state index contributed by atoms with van der Waals surface area (Å²) in [6, 6.07) is 3.29. The second-order valence-electron chi connectivity index (χ2n) is 3.64. The van der Waals surface area contributed by atoms with E-state index in [0.29, 0.717) is 5.69 Å². The molecule has 0 unspecified atom stereocenters. The highest BCUT2D eigenvalue weighted by Gasteiger charge is 2.27. The third kappa shape index (κ3) is 2.06. The van der Waals surface area contributed by atoms with Gasteiger partial charge in [-0.15, -0.1) is 0 Å². The molecule has 0 amide bonds. The van der Waals surface area contributed by atoms with E-state index in [0.717, 1.165) is 4.31 Å². The summed E-state index contributed by atoms with van der Waals surface area (Å²) < 4.78 is 27.1. The molecule has 0 N–H and O–H groups in total. The molecule has 2 aromatic rings. The molecule has 0 fully saturated rings. The van der Waals surface area contributed by atoms with Crippen molar-refractivity contribution in [2.45, 2.75) is 5.03 Å². The Morgan fingerprint density at radius 3 is 2.67 bits per heavy atom. The molecule has 8 heteroatoms. The molecule has 2 aromatic heterocycles. The lowest BCUT2D eigenvalue weighted by molar-refractivity contribution is 0.591. The quantitative estimate of drug-likeness (QED) is 0.853. The first kappa shape index (κ1) is 12.8. The highest BCUT2D eigenvalue weighted by atomic mass is 35.5. The lowest BCUT2D eigenvalue weighted by atomic mass is 10.4. The fourth-order valence-corrected chi connectivity index (χ4v) is 2.94. The Labute approximate surface area is 110 Å². The first-order valence-electron chi connectivity index (χ1n) is 5.00. The Morgan fingerprint density at radius 2 is 2.17 bits per heavy atom. The van der Waals surface area contributed by atoms with Gasteiger partial charge < -0.3 is 4.57 Å². The summed E-state index contributed by atoms with van der Waals surface area (Å²) in [6.45, 7) is 0. The van der Waals surface area contributed by atoms with Crippen molar-refractivity contribution in [3.05, 3.63) is 36.0 Å². The molecule has 0 saturated carbocycles. The zero-order valence-electron chi connectivity index (χ0n) is 9.78. The van der Waals surface area contributed by atoms with Gasteiger partial charge in [-0.1, -0.05) is 11.6 Å². The monoisotopic (exact) mass is 286 g/mol. The number of halogens is 1. The van der Waals surface area contributed by atoms with Gasteiger partial charge in [-0.3, -0.25) is 9.29 Å². The molecular formula is C10H11ClN4O2S. The van der Waals surface area contributed by atoms with Gasteiger partial charge in [0, 0.05) is 20.3 Å². The number of aryl methyl sites for hydroxylation is 1. The standard InChI is InChI=1S/C10H11ClN4O2S/c1-14-7-13-10(9(14)11)18(16,17)15(2)8-4-3-5-12-6-8/h3-7H,1-2H3. The average molecular weight is 287 g/mol. The number of imidazole rings is 1. The molecule has 0 saturated heterocycles. The minimum Gasteiger partial charge on any atom is -0.324 e. The minimum atomic E-state index is -3.77. The van der Waals surface area contributed by atoms with Crippen molar-refractivity contribution >= 4 is 27.3 Å². The van der Waals surface area contributed by atoms with Crippen LogP contribution >= 0.6 is 11.6 Å². The maximum atomic E-state index is 12.3. The minimum absolute atomic E-state index is 0.0748. The van der Waals surface area contributed by atoms with Crippen LogP contribution in [0.3, 0.4) is 0 Å². The van der Waals surface area contributed by atoms with E-state index < -0.39 is 10.0 Å². The zero-order valence-corrected chi connectivity index (χ0v) is 11.4. The van der Waals surface area contributed by atoms with E-state index in [4.69, 9.17) is 11.6 Å². The Hall–Kier alpha value is -1.60. The van der Waals surface area contributed by atoms with Gasteiger partial charge in [-0.25, -0.2) is 4.98 Å². The van der Waals surface area contributed by atoms with Gasteiger partial charge >= 0.3 is 0 Å². The van der Waals surface area contributed by atoms with E-state index >= 15 is 0 Å². The van der Waals surface area contributed by atoms with Crippen LogP contribution in [0.25, 0.3) is 0 Å². The van der Waals surface area contributed by atoms with Crippen LogP contribution in [0.4, 0.5) is 5.69 Å². The molecule has 0 radical (unpaired) electrons. The van der Waals surface area contributed by atoms with Crippen LogP contribution < -0.4 is 4.31 Å². The van der Waals surface area contributed by atoms with Crippen molar-refractivity contribution in [3.63, 3.8) is 0 Å². The van der Waals surface area contributed by atoms with E-state index in [2.05, 4.69) is 9.97 Å². The van der Waals surface area contributed by atoms with Crippen molar-refractivity contribution in [2.24, 2.45) is 7.05 Å². The maximum Gasteiger partial charge on any atom is 0.284 e. The summed E-state index contributed by atoms with van der Waals surface area (Å²) in [4.78, 5) is 7.69. The molecule has 0 spiro atoms. The summed E-state index contributed by atoms with van der Waals surface area (Å²) in [5.41, 5.74) is 0.444. The third-order valence-corrected chi connectivity index (χ3v) is 4.73. The number of hydrogen-bond donors (Lipinski definition) is 0. The molecule has 0 aliphatic rings. The van der Waals surface area contributed by atoms with Crippen LogP contribution in [0.2, 0.25) is 5.15 Å². The second-order valence-corrected chi connectivity index (χ2v) is 5.88. The van der Waals surface area contributed by atoms with E-state index in [1.807, 2.05) is 0 Å². The van der Waals surface area contributed by atoms with E-state index in [1.54, 1.807) is 25.4 Å². The number of anilines is 1. The van der Waals surface area contributed by atoms with Crippen LogP contribution in [-0.2, 0) is 17.1 Å². The molecule has 2 heterocycles. The lowest BCUT2D eigenvalue weighted by Gasteiger charge is -2.17. The van der Waals surface area contributed by atoms with Crippen molar-refractivity contribution in [1.29, 1.82) is 0 Å². The predicted molar refractivity (Wildman–Crippen MR) is 68.0 cm³/mol. The summed E-state index contributed by atoms with van der Waals surface area (Å²) in [5.74, 6) is 0. The van der Waals surface area contributed by atoms with E-state index in [9.17, 15) is 8.42 Å². The molecule has 0 bridgehead atoms. The maximum absolute atomic E-state index is 12.3. The SMILES string of the molecule is CN(c1cccnc1)S(=O)(=O)c1ncn(C)c1Cl. The Balaban J connectivity index is 2.47. The number of pyridine rings is 1. The average Bonchev–Trinajstić information content (AvgIpc) is 2.70. The molecule has 0 aliphatic heterocycles. The van der Waals surface area contributed by atoms with Crippen molar-refractivity contribution in [2.75, 3.05) is 11.4 Å². The summed E-state index contributed by atoms with van der Waals surface area (Å²) in [5, 5.41) is -0.0937. The molecule has 0 atom stereocenters. The van der Waals surface area contributed by atoms with Gasteiger partial charge in [-0.2, -0.15) is 8.42 Å². The van der Waals surface area contributed by atoms with E-state index in [-0.39, 0.29) is 10.2 Å². The van der Waals surface area contributed by atoms with Crippen molar-refractivity contribution in [1.82, 2.24) is 14.5 Å². The number of aromatic nitrogens is 3. The van der Waals surface area contributed by atoms with Gasteiger partial charge in [-0.05, 0) is 12.1 Å². The Bertz CT molecular complexity index is 654. The predicted octanol–water partition coefficient (Wildman–Crippen LogP) is 1.29. The first-order chi connectivity index (χ1) is 8.44. The van der Waals surface area contributed by atoms with Gasteiger partial charge in [0.25, 0.3) is 10.0 Å². The van der Waals surface area contributed by atoms with Gasteiger partial charge in [0.15, 0.2) is 0 Å². The van der Waals surface area contributed by atoms with Crippen molar-refractivity contribution < 1.29 is 8.42 Å². The highest BCUT2D eigenvalue weighted by molar-refractivity contribution is 7.92. The topological polar surface area (TPSA) is 68.1 Å². The molecular weight excluding hydrogens is 276 g/mol. The van der Waals surface area contributed by atoms with Crippen LogP contribution in [0.5, 0.6) is 0 Å². The van der Waals surface area contributed by atoms with Gasteiger partial charge in [0.2, 0.25) is 5.03 Å². The van der Waals surface area contributed by atoms with Gasteiger partial charge in [0.1, 0.15) is 5.15 Å². The Morgan fingerprint density at radius 1 is 1.44 bits per heavy atom. The number of hydrogen-bond acceptors (Lipinski definition) is 4. The highest BCUT2D eigenvalue weighted by Crippen LogP contribution is 2.25. The normalized spacial score (nSPS) is 11.5. The molecule has 96 valence electrons. The van der Waals surface area contributed by atoms with E-state index in [1.165, 1.54) is 24.1 Å². The number of sulfonamides is 1. The van der Waals surface area contributed by atoms with Crippen LogP contribution in [0, 0.1) is 0 Å². The van der Waals surface area contributed by atoms with Crippen LogP contribution in [0.15, 0.2) is 35.9 Å². The fourth-order valence-electron chi connectivity index (χ4n) is 1.38. The summed E-state index contributed by atoms with van der Waals surface area (Å²) >= 11 is 5.90. The molecule has 2 rings (SSSR count). The van der Waals surface area contributed by atoms with Crippen molar-refractivity contribution in [3.8, 4) is 0 Å². The summed E-state index contributed by atoms with van der Waals surface area (Å²) in [7, 11) is -0.721. The third-order valence-electron chi connectivity index (χ3n) is 2.45. The Kier molecular flexibility index (Phi) is 3.27. The molecule has 0 aliphatic carbocycles. The van der Waals surface area contributed by atoms with Crippen LogP contribution in [0.1, 0.15) is 0 Å². The first-order valence-corrected chi connectivity index (χ1v) is 6.82. The largest absolute Gasteiger partial charge is 0.324 e. The number of nitrogens with zero attached hydrogens (tertiary/aromatic N) is 4. The molecule has 18 heavy (non-hydrogen) atoms.